The van der Waals surface area contributed by atoms with Crippen LogP contribution in [0.15, 0.2) is 24.3 Å². The van der Waals surface area contributed by atoms with Crippen molar-refractivity contribution in [3.63, 3.8) is 0 Å². The van der Waals surface area contributed by atoms with E-state index >= 15 is 0 Å². The minimum Gasteiger partial charge on any atom is -0.490 e. The van der Waals surface area contributed by atoms with E-state index in [0.717, 1.165) is 22.7 Å². The number of fused-ring (bicyclic) bond motifs is 3. The Bertz CT molecular complexity index is 701. The van der Waals surface area contributed by atoms with Crippen molar-refractivity contribution < 1.29 is 9.53 Å². The summed E-state index contributed by atoms with van der Waals surface area (Å²) in [5.41, 5.74) is 8.26. The molecule has 0 unspecified atom stereocenters. The van der Waals surface area contributed by atoms with Crippen LogP contribution in [0, 0.1) is 6.92 Å². The van der Waals surface area contributed by atoms with Crippen LogP contribution in [0.1, 0.15) is 35.6 Å². The molecule has 0 radical (unpaired) electrons. The molecule has 0 saturated heterocycles. The Morgan fingerprint density at radius 2 is 2.15 bits per heavy atom. The van der Waals surface area contributed by atoms with Gasteiger partial charge in [0, 0.05) is 5.41 Å². The van der Waals surface area contributed by atoms with E-state index in [2.05, 4.69) is 18.9 Å². The second-order valence-electron chi connectivity index (χ2n) is 5.83. The van der Waals surface area contributed by atoms with Crippen molar-refractivity contribution in [3.05, 3.63) is 41.2 Å². The average Bonchev–Trinajstić information content (AvgIpc) is 2.79. The highest BCUT2D eigenvalue weighted by Crippen LogP contribution is 2.35. The zero-order chi connectivity index (χ0) is 14.5. The zero-order valence-corrected chi connectivity index (χ0v) is 11.8. The summed E-state index contributed by atoms with van der Waals surface area (Å²) in [5, 5.41) is 4.35. The van der Waals surface area contributed by atoms with E-state index < -0.39 is 5.91 Å². The van der Waals surface area contributed by atoms with E-state index in [4.69, 9.17) is 10.5 Å². The number of nitrogens with zero attached hydrogens (tertiary/aromatic N) is 2. The molecule has 3 rings (SSSR count). The number of carbonyl (C=O) groups excluding carboxylic acids is 1. The molecule has 0 fully saturated rings. The number of primary amides is 1. The summed E-state index contributed by atoms with van der Waals surface area (Å²) >= 11 is 0. The Balaban J connectivity index is 2.30. The molecule has 2 heterocycles. The second kappa shape index (κ2) is 4.10. The van der Waals surface area contributed by atoms with Gasteiger partial charge in [0.1, 0.15) is 11.4 Å². The first kappa shape index (κ1) is 12.7. The molecule has 0 bridgehead atoms. The highest BCUT2D eigenvalue weighted by atomic mass is 16.5. The lowest BCUT2D eigenvalue weighted by Gasteiger charge is -2.21. The van der Waals surface area contributed by atoms with Gasteiger partial charge in [0.05, 0.1) is 12.3 Å². The van der Waals surface area contributed by atoms with Gasteiger partial charge < -0.3 is 10.5 Å². The zero-order valence-electron chi connectivity index (χ0n) is 11.8. The molecule has 1 aromatic heterocycles. The quantitative estimate of drug-likeness (QED) is 0.861. The monoisotopic (exact) mass is 271 g/mol. The standard InChI is InChI=1S/C15H17N3O2/c1-9-4-5-12-11(6-9)18-13(15(2,3)8-20-12)7-10(17-18)14(16)19/h4-7H,8H2,1-3H3,(H2,16,19). The number of aryl methyl sites for hydroxylation is 1. The smallest absolute Gasteiger partial charge is 0.269 e. The van der Waals surface area contributed by atoms with Crippen LogP contribution in [-0.2, 0) is 5.41 Å². The molecule has 1 amide bonds. The van der Waals surface area contributed by atoms with Gasteiger partial charge >= 0.3 is 0 Å². The van der Waals surface area contributed by atoms with E-state index in [9.17, 15) is 4.79 Å². The number of rotatable bonds is 1. The minimum atomic E-state index is -0.517. The molecule has 2 N–H and O–H groups in total. The summed E-state index contributed by atoms with van der Waals surface area (Å²) in [4.78, 5) is 11.4. The highest BCUT2D eigenvalue weighted by molar-refractivity contribution is 5.91. The minimum absolute atomic E-state index is 0.256. The molecule has 0 saturated carbocycles. The maximum atomic E-state index is 11.4. The van der Waals surface area contributed by atoms with Crippen molar-refractivity contribution in [1.82, 2.24) is 9.78 Å². The number of nitrogens with two attached hydrogens (primary N) is 1. The van der Waals surface area contributed by atoms with Crippen LogP contribution in [0.5, 0.6) is 5.75 Å². The van der Waals surface area contributed by atoms with E-state index in [1.165, 1.54) is 0 Å². The summed E-state index contributed by atoms with van der Waals surface area (Å²) in [6.45, 7) is 6.65. The third-order valence-electron chi connectivity index (χ3n) is 3.59. The van der Waals surface area contributed by atoms with Gasteiger partial charge in [-0.25, -0.2) is 4.68 Å². The molecular weight excluding hydrogens is 254 g/mol. The molecule has 0 atom stereocenters. The van der Waals surface area contributed by atoms with Crippen LogP contribution < -0.4 is 10.5 Å². The third-order valence-corrected chi connectivity index (χ3v) is 3.59. The highest BCUT2D eigenvalue weighted by Gasteiger charge is 2.32. The van der Waals surface area contributed by atoms with Gasteiger partial charge in [-0.2, -0.15) is 5.10 Å². The molecule has 1 aromatic carbocycles. The predicted molar refractivity (Wildman–Crippen MR) is 75.3 cm³/mol. The third kappa shape index (κ3) is 1.86. The molecular formula is C15H17N3O2. The van der Waals surface area contributed by atoms with Gasteiger partial charge in [0.2, 0.25) is 0 Å². The van der Waals surface area contributed by atoms with Crippen molar-refractivity contribution in [1.29, 1.82) is 0 Å². The van der Waals surface area contributed by atoms with Crippen LogP contribution >= 0.6 is 0 Å². The maximum Gasteiger partial charge on any atom is 0.269 e. The van der Waals surface area contributed by atoms with Gasteiger partial charge in [0.15, 0.2) is 5.69 Å². The number of amides is 1. The Hall–Kier alpha value is -2.30. The first-order valence-electron chi connectivity index (χ1n) is 6.53. The first-order valence-corrected chi connectivity index (χ1v) is 6.53. The summed E-state index contributed by atoms with van der Waals surface area (Å²) in [5.74, 6) is 0.248. The van der Waals surface area contributed by atoms with Crippen LogP contribution in [0.2, 0.25) is 0 Å². The number of ether oxygens (including phenoxy) is 1. The van der Waals surface area contributed by atoms with E-state index in [-0.39, 0.29) is 11.1 Å². The van der Waals surface area contributed by atoms with Gasteiger partial charge in [-0.15, -0.1) is 0 Å². The molecule has 20 heavy (non-hydrogen) atoms. The van der Waals surface area contributed by atoms with Gasteiger partial charge in [0.25, 0.3) is 5.91 Å². The van der Waals surface area contributed by atoms with Gasteiger partial charge in [-0.1, -0.05) is 19.9 Å². The van der Waals surface area contributed by atoms with E-state index in [1.54, 1.807) is 10.7 Å². The number of hydrogen-bond acceptors (Lipinski definition) is 3. The SMILES string of the molecule is Cc1ccc2c(c1)-n1nc(C(N)=O)cc1C(C)(C)CO2. The summed E-state index contributed by atoms with van der Waals surface area (Å²) in [7, 11) is 0. The lowest BCUT2D eigenvalue weighted by Crippen LogP contribution is -2.26. The summed E-state index contributed by atoms with van der Waals surface area (Å²) in [6.07, 6.45) is 0. The number of benzene rings is 1. The van der Waals surface area contributed by atoms with Crippen molar-refractivity contribution in [2.24, 2.45) is 5.73 Å². The molecule has 104 valence electrons. The Kier molecular flexibility index (Phi) is 2.61. The number of carbonyl (C=O) groups is 1. The average molecular weight is 271 g/mol. The maximum absolute atomic E-state index is 11.4. The largest absolute Gasteiger partial charge is 0.490 e. The molecule has 2 aromatic rings. The number of hydrogen-bond donors (Lipinski definition) is 1. The van der Waals surface area contributed by atoms with Crippen molar-refractivity contribution >= 4 is 5.91 Å². The fourth-order valence-corrected chi connectivity index (χ4v) is 2.41. The van der Waals surface area contributed by atoms with Crippen molar-refractivity contribution in [2.45, 2.75) is 26.2 Å². The molecule has 5 heteroatoms. The van der Waals surface area contributed by atoms with Gasteiger partial charge in [-0.05, 0) is 30.7 Å². The van der Waals surface area contributed by atoms with E-state index in [1.807, 2.05) is 25.1 Å². The fraction of sp³-hybridized carbons (Fsp3) is 0.333. The molecule has 0 spiro atoms. The summed E-state index contributed by atoms with van der Waals surface area (Å²) in [6, 6.07) is 7.68. The first-order chi connectivity index (χ1) is 9.38. The lowest BCUT2D eigenvalue weighted by atomic mass is 9.90. The van der Waals surface area contributed by atoms with Crippen LogP contribution in [-0.4, -0.2) is 22.3 Å². The molecule has 1 aliphatic heterocycles. The van der Waals surface area contributed by atoms with E-state index in [0.29, 0.717) is 6.61 Å². The van der Waals surface area contributed by atoms with Crippen LogP contribution in [0.4, 0.5) is 0 Å². The lowest BCUT2D eigenvalue weighted by molar-refractivity contribution is 0.0995. The topological polar surface area (TPSA) is 70.1 Å². The number of aromatic nitrogens is 2. The molecule has 5 nitrogen and oxygen atoms in total. The Morgan fingerprint density at radius 1 is 1.40 bits per heavy atom. The second-order valence-corrected chi connectivity index (χ2v) is 5.83. The van der Waals surface area contributed by atoms with Crippen molar-refractivity contribution in [3.8, 4) is 11.4 Å². The van der Waals surface area contributed by atoms with Crippen molar-refractivity contribution in [2.75, 3.05) is 6.61 Å². The summed E-state index contributed by atoms with van der Waals surface area (Å²) < 4.78 is 7.66. The molecule has 1 aliphatic rings. The fourth-order valence-electron chi connectivity index (χ4n) is 2.41. The normalized spacial score (nSPS) is 15.8. The Morgan fingerprint density at radius 3 is 2.85 bits per heavy atom. The van der Waals surface area contributed by atoms with Crippen LogP contribution in [0.3, 0.4) is 0 Å². The van der Waals surface area contributed by atoms with Gasteiger partial charge in [-0.3, -0.25) is 4.79 Å². The van der Waals surface area contributed by atoms with Crippen LogP contribution in [0.25, 0.3) is 5.69 Å². The Labute approximate surface area is 117 Å². The molecule has 0 aliphatic carbocycles. The predicted octanol–water partition coefficient (Wildman–Crippen LogP) is 1.95.